The van der Waals surface area contributed by atoms with Gasteiger partial charge in [-0.05, 0) is 54.5 Å². The minimum absolute atomic E-state index is 0.221. The lowest BCUT2D eigenvalue weighted by atomic mass is 10.0. The molecule has 0 fully saturated rings. The van der Waals surface area contributed by atoms with Gasteiger partial charge in [-0.3, -0.25) is 0 Å². The number of nitrogens with one attached hydrogen (secondary N) is 1. The molecule has 2 aromatic rings. The van der Waals surface area contributed by atoms with Gasteiger partial charge in [0.25, 0.3) is 0 Å². The Balaban J connectivity index is 1.72. The number of halogens is 1. The van der Waals surface area contributed by atoms with Gasteiger partial charge in [-0.25, -0.2) is 0 Å². The molecule has 1 aromatic heterocycles. The first-order valence-electron chi connectivity index (χ1n) is 7.11. The van der Waals surface area contributed by atoms with Crippen LogP contribution in [0.2, 0.25) is 5.02 Å². The van der Waals surface area contributed by atoms with E-state index in [-0.39, 0.29) is 6.04 Å². The molecule has 2 atom stereocenters. The summed E-state index contributed by atoms with van der Waals surface area (Å²) in [6.07, 6.45) is 3.14. The number of aliphatic hydroxyl groups is 1. The zero-order valence-electron chi connectivity index (χ0n) is 11.6. The molecule has 3 rings (SSSR count). The molecule has 1 aromatic carbocycles. The normalized spacial score (nSPS) is 19.8. The molecule has 0 saturated heterocycles. The lowest BCUT2D eigenvalue weighted by Crippen LogP contribution is -2.26. The second-order valence-corrected chi connectivity index (χ2v) is 6.74. The Hall–Kier alpha value is -0.940. The maximum Gasteiger partial charge on any atom is 0.133 e. The highest BCUT2D eigenvalue weighted by molar-refractivity contribution is 7.99. The smallest absolute Gasteiger partial charge is 0.133 e. The first kappa shape index (κ1) is 15.0. The standard InChI is InChI=1S/C16H18ClNO2S/c17-11-5-6-16-12(9-11)13(3-2-8-21-16)18-10-14(19)15-4-1-7-20-15/h1,4-7,9,13-14,18-19H,2-3,8,10H2. The fourth-order valence-electron chi connectivity index (χ4n) is 2.60. The van der Waals surface area contributed by atoms with Crippen molar-refractivity contribution < 1.29 is 9.52 Å². The number of benzene rings is 1. The molecule has 0 amide bonds. The third-order valence-electron chi connectivity index (χ3n) is 3.67. The maximum atomic E-state index is 10.1. The number of rotatable bonds is 4. The Labute approximate surface area is 133 Å². The predicted molar refractivity (Wildman–Crippen MR) is 85.8 cm³/mol. The highest BCUT2D eigenvalue weighted by Crippen LogP contribution is 2.36. The molecular formula is C16H18ClNO2S. The van der Waals surface area contributed by atoms with Gasteiger partial charge >= 0.3 is 0 Å². The van der Waals surface area contributed by atoms with Crippen molar-refractivity contribution in [1.82, 2.24) is 5.32 Å². The number of aliphatic hydroxyl groups excluding tert-OH is 1. The predicted octanol–water partition coefficient (Wildman–Crippen LogP) is 4.18. The van der Waals surface area contributed by atoms with Gasteiger partial charge in [-0.2, -0.15) is 0 Å². The Morgan fingerprint density at radius 2 is 2.33 bits per heavy atom. The number of hydrogen-bond donors (Lipinski definition) is 2. The SMILES string of the molecule is OC(CNC1CCCSc2ccc(Cl)cc21)c1ccco1. The van der Waals surface area contributed by atoms with Crippen molar-refractivity contribution in [2.45, 2.75) is 29.9 Å². The van der Waals surface area contributed by atoms with Crippen LogP contribution in [0.15, 0.2) is 45.9 Å². The van der Waals surface area contributed by atoms with Crippen LogP contribution in [-0.2, 0) is 0 Å². The number of hydrogen-bond acceptors (Lipinski definition) is 4. The molecule has 2 unspecified atom stereocenters. The zero-order valence-corrected chi connectivity index (χ0v) is 13.2. The summed E-state index contributed by atoms with van der Waals surface area (Å²) in [5.41, 5.74) is 1.23. The van der Waals surface area contributed by atoms with E-state index in [9.17, 15) is 5.11 Å². The van der Waals surface area contributed by atoms with Crippen molar-refractivity contribution >= 4 is 23.4 Å². The summed E-state index contributed by atoms with van der Waals surface area (Å²) in [5.74, 6) is 1.71. The van der Waals surface area contributed by atoms with Crippen molar-refractivity contribution in [1.29, 1.82) is 0 Å². The van der Waals surface area contributed by atoms with E-state index in [1.807, 2.05) is 23.9 Å². The van der Waals surface area contributed by atoms with Crippen molar-refractivity contribution in [2.75, 3.05) is 12.3 Å². The molecule has 0 bridgehead atoms. The summed E-state index contributed by atoms with van der Waals surface area (Å²) in [7, 11) is 0. The third-order valence-corrected chi connectivity index (χ3v) is 5.08. The molecule has 1 aliphatic heterocycles. The summed E-state index contributed by atoms with van der Waals surface area (Å²) >= 11 is 8.01. The summed E-state index contributed by atoms with van der Waals surface area (Å²) in [4.78, 5) is 1.28. The lowest BCUT2D eigenvalue weighted by molar-refractivity contribution is 0.142. The second-order valence-electron chi connectivity index (χ2n) is 5.16. The van der Waals surface area contributed by atoms with Gasteiger partial charge in [0.05, 0.1) is 6.26 Å². The van der Waals surface area contributed by atoms with Gasteiger partial charge < -0.3 is 14.8 Å². The summed E-state index contributed by atoms with van der Waals surface area (Å²) < 4.78 is 5.23. The van der Waals surface area contributed by atoms with Crippen LogP contribution in [0.1, 0.15) is 36.3 Å². The maximum absolute atomic E-state index is 10.1. The number of thioether (sulfide) groups is 1. The van der Waals surface area contributed by atoms with Crippen molar-refractivity contribution in [2.24, 2.45) is 0 Å². The Morgan fingerprint density at radius 1 is 1.43 bits per heavy atom. The van der Waals surface area contributed by atoms with Crippen LogP contribution in [0.5, 0.6) is 0 Å². The Bertz CT molecular complexity index is 588. The highest BCUT2D eigenvalue weighted by atomic mass is 35.5. The van der Waals surface area contributed by atoms with Crippen LogP contribution in [-0.4, -0.2) is 17.4 Å². The molecule has 0 aliphatic carbocycles. The molecule has 2 heterocycles. The molecule has 3 nitrogen and oxygen atoms in total. The molecule has 2 N–H and O–H groups in total. The summed E-state index contributed by atoms with van der Waals surface area (Å²) in [5, 5.41) is 14.3. The van der Waals surface area contributed by atoms with E-state index < -0.39 is 6.10 Å². The minimum Gasteiger partial charge on any atom is -0.467 e. The summed E-state index contributed by atoms with van der Waals surface area (Å²) in [6.45, 7) is 0.467. The van der Waals surface area contributed by atoms with Gasteiger partial charge in [-0.1, -0.05) is 11.6 Å². The summed E-state index contributed by atoms with van der Waals surface area (Å²) in [6, 6.07) is 9.86. The highest BCUT2D eigenvalue weighted by Gasteiger charge is 2.21. The Morgan fingerprint density at radius 3 is 3.14 bits per heavy atom. The van der Waals surface area contributed by atoms with Gasteiger partial charge in [0.1, 0.15) is 11.9 Å². The Kier molecular flexibility index (Phi) is 4.91. The number of furan rings is 1. The van der Waals surface area contributed by atoms with E-state index in [1.54, 1.807) is 18.4 Å². The van der Waals surface area contributed by atoms with Crippen LogP contribution in [0, 0.1) is 0 Å². The van der Waals surface area contributed by atoms with Crippen LogP contribution < -0.4 is 5.32 Å². The first-order valence-corrected chi connectivity index (χ1v) is 8.47. The van der Waals surface area contributed by atoms with E-state index >= 15 is 0 Å². The zero-order chi connectivity index (χ0) is 14.7. The van der Waals surface area contributed by atoms with E-state index in [1.165, 1.54) is 10.5 Å². The second kappa shape index (κ2) is 6.88. The lowest BCUT2D eigenvalue weighted by Gasteiger charge is -2.20. The van der Waals surface area contributed by atoms with Crippen molar-refractivity contribution in [3.05, 3.63) is 52.9 Å². The third kappa shape index (κ3) is 3.64. The molecule has 5 heteroatoms. The molecule has 0 spiro atoms. The van der Waals surface area contributed by atoms with E-state index in [0.717, 1.165) is 23.6 Å². The average Bonchev–Trinajstić information content (AvgIpc) is 2.95. The van der Waals surface area contributed by atoms with Gasteiger partial charge in [0.2, 0.25) is 0 Å². The minimum atomic E-state index is -0.626. The topological polar surface area (TPSA) is 45.4 Å². The van der Waals surface area contributed by atoms with Crippen LogP contribution >= 0.6 is 23.4 Å². The number of fused-ring (bicyclic) bond motifs is 1. The van der Waals surface area contributed by atoms with Crippen LogP contribution in [0.25, 0.3) is 0 Å². The first-order chi connectivity index (χ1) is 10.2. The van der Waals surface area contributed by atoms with E-state index in [0.29, 0.717) is 12.3 Å². The van der Waals surface area contributed by atoms with Gasteiger partial charge in [0, 0.05) is 22.5 Å². The molecule has 1 aliphatic rings. The van der Waals surface area contributed by atoms with Crippen LogP contribution in [0.3, 0.4) is 0 Å². The molecular weight excluding hydrogens is 306 g/mol. The quantitative estimate of drug-likeness (QED) is 0.886. The average molecular weight is 324 g/mol. The molecule has 21 heavy (non-hydrogen) atoms. The van der Waals surface area contributed by atoms with E-state index in [4.69, 9.17) is 16.0 Å². The molecule has 0 radical (unpaired) electrons. The van der Waals surface area contributed by atoms with E-state index in [2.05, 4.69) is 11.4 Å². The fourth-order valence-corrected chi connectivity index (χ4v) is 3.84. The van der Waals surface area contributed by atoms with Crippen LogP contribution in [0.4, 0.5) is 0 Å². The van der Waals surface area contributed by atoms with Crippen molar-refractivity contribution in [3.8, 4) is 0 Å². The van der Waals surface area contributed by atoms with Gasteiger partial charge in [0.15, 0.2) is 0 Å². The monoisotopic (exact) mass is 323 g/mol. The molecule has 0 saturated carbocycles. The fraction of sp³-hybridized carbons (Fsp3) is 0.375. The largest absolute Gasteiger partial charge is 0.467 e. The van der Waals surface area contributed by atoms with Crippen molar-refractivity contribution in [3.63, 3.8) is 0 Å². The molecule has 112 valence electrons. The van der Waals surface area contributed by atoms with Gasteiger partial charge in [-0.15, -0.1) is 11.8 Å².